The van der Waals surface area contributed by atoms with Crippen molar-refractivity contribution in [1.29, 1.82) is 0 Å². The van der Waals surface area contributed by atoms with Crippen molar-refractivity contribution in [2.75, 3.05) is 0 Å². The summed E-state index contributed by atoms with van der Waals surface area (Å²) in [6, 6.07) is 1.51. The summed E-state index contributed by atoms with van der Waals surface area (Å²) in [6.07, 6.45) is 8.31. The Bertz CT molecular complexity index is 513. The van der Waals surface area contributed by atoms with Crippen LogP contribution in [0.5, 0.6) is 0 Å². The molecular formula is C14H17NO4. The molecule has 1 heterocycles. The van der Waals surface area contributed by atoms with E-state index in [2.05, 4.69) is 5.32 Å². The number of carbonyl (C=O) groups excluding carboxylic acids is 1. The first-order valence-electron chi connectivity index (χ1n) is 6.73. The zero-order valence-corrected chi connectivity index (χ0v) is 10.6. The van der Waals surface area contributed by atoms with E-state index in [0.29, 0.717) is 5.41 Å². The van der Waals surface area contributed by atoms with E-state index in [1.807, 2.05) is 0 Å². The van der Waals surface area contributed by atoms with Crippen LogP contribution in [0.3, 0.4) is 0 Å². The maximum Gasteiger partial charge on any atom is 0.338 e. The quantitative estimate of drug-likeness (QED) is 0.877. The standard InChI is InChI=1S/C14H17NO4/c16-12(10-6-9(8-19-10)13(17)18)15-11-7-14(11)4-2-1-3-5-14/h6,8,11H,1-5,7H2,(H,15,16)(H,17,18). The number of nitrogens with one attached hydrogen (secondary N) is 1. The molecule has 19 heavy (non-hydrogen) atoms. The highest BCUT2D eigenvalue weighted by Crippen LogP contribution is 2.56. The Morgan fingerprint density at radius 1 is 1.32 bits per heavy atom. The minimum atomic E-state index is -1.09. The normalized spacial score (nSPS) is 24.1. The third kappa shape index (κ3) is 2.25. The van der Waals surface area contributed by atoms with Gasteiger partial charge in [-0.15, -0.1) is 0 Å². The summed E-state index contributed by atoms with van der Waals surface area (Å²) in [7, 11) is 0. The Balaban J connectivity index is 1.61. The summed E-state index contributed by atoms with van der Waals surface area (Å²) in [5.74, 6) is -1.31. The predicted molar refractivity (Wildman–Crippen MR) is 67.1 cm³/mol. The van der Waals surface area contributed by atoms with Crippen LogP contribution in [0, 0.1) is 5.41 Å². The molecule has 1 unspecified atom stereocenters. The average Bonchev–Trinajstić information content (AvgIpc) is 2.86. The maximum atomic E-state index is 12.0. The van der Waals surface area contributed by atoms with Crippen LogP contribution in [0.1, 0.15) is 59.4 Å². The molecule has 2 N–H and O–H groups in total. The van der Waals surface area contributed by atoms with Gasteiger partial charge in [-0.25, -0.2) is 4.79 Å². The van der Waals surface area contributed by atoms with Gasteiger partial charge in [0, 0.05) is 12.1 Å². The lowest BCUT2D eigenvalue weighted by molar-refractivity contribution is 0.0696. The van der Waals surface area contributed by atoms with Crippen LogP contribution in [0.4, 0.5) is 0 Å². The molecule has 1 atom stereocenters. The molecule has 5 heteroatoms. The van der Waals surface area contributed by atoms with Crippen LogP contribution in [0.25, 0.3) is 0 Å². The second kappa shape index (κ2) is 4.40. The van der Waals surface area contributed by atoms with E-state index < -0.39 is 5.97 Å². The van der Waals surface area contributed by atoms with Gasteiger partial charge in [0.15, 0.2) is 5.76 Å². The summed E-state index contributed by atoms with van der Waals surface area (Å²) in [5.41, 5.74) is 0.323. The Labute approximate surface area is 111 Å². The van der Waals surface area contributed by atoms with E-state index in [4.69, 9.17) is 9.52 Å². The van der Waals surface area contributed by atoms with E-state index in [9.17, 15) is 9.59 Å². The lowest BCUT2D eigenvalue weighted by Crippen LogP contribution is -2.30. The molecule has 1 amide bonds. The van der Waals surface area contributed by atoms with E-state index in [-0.39, 0.29) is 23.3 Å². The van der Waals surface area contributed by atoms with E-state index in [1.54, 1.807) is 0 Å². The predicted octanol–water partition coefficient (Wildman–Crippen LogP) is 2.43. The molecule has 0 bridgehead atoms. The number of carboxylic acids is 1. The summed E-state index contributed by atoms with van der Waals surface area (Å²) < 4.78 is 5.00. The Morgan fingerprint density at radius 3 is 2.68 bits per heavy atom. The zero-order chi connectivity index (χ0) is 13.5. The highest BCUT2D eigenvalue weighted by atomic mass is 16.4. The van der Waals surface area contributed by atoms with Crippen molar-refractivity contribution in [1.82, 2.24) is 5.32 Å². The van der Waals surface area contributed by atoms with Gasteiger partial charge in [-0.3, -0.25) is 4.79 Å². The number of hydrogen-bond acceptors (Lipinski definition) is 3. The van der Waals surface area contributed by atoms with Crippen molar-refractivity contribution in [2.24, 2.45) is 5.41 Å². The van der Waals surface area contributed by atoms with Crippen molar-refractivity contribution < 1.29 is 19.1 Å². The highest BCUT2D eigenvalue weighted by Gasteiger charge is 2.54. The Morgan fingerprint density at radius 2 is 2.05 bits per heavy atom. The van der Waals surface area contributed by atoms with Crippen LogP contribution in [-0.2, 0) is 0 Å². The van der Waals surface area contributed by atoms with Gasteiger partial charge in [-0.1, -0.05) is 19.3 Å². The smallest absolute Gasteiger partial charge is 0.338 e. The number of amides is 1. The number of carbonyl (C=O) groups is 2. The van der Waals surface area contributed by atoms with Crippen LogP contribution in [0.15, 0.2) is 16.7 Å². The molecule has 5 nitrogen and oxygen atoms in total. The van der Waals surface area contributed by atoms with E-state index >= 15 is 0 Å². The Hall–Kier alpha value is -1.78. The molecule has 3 rings (SSSR count). The molecule has 0 radical (unpaired) electrons. The van der Waals surface area contributed by atoms with Crippen LogP contribution in [-0.4, -0.2) is 23.0 Å². The molecule has 2 saturated carbocycles. The Kier molecular flexibility index (Phi) is 2.84. The number of aromatic carboxylic acids is 1. The summed E-state index contributed by atoms with van der Waals surface area (Å²) >= 11 is 0. The van der Waals surface area contributed by atoms with Crippen molar-refractivity contribution in [3.8, 4) is 0 Å². The summed E-state index contributed by atoms with van der Waals surface area (Å²) in [4.78, 5) is 22.7. The van der Waals surface area contributed by atoms with Crippen molar-refractivity contribution in [3.63, 3.8) is 0 Å². The molecule has 1 aromatic rings. The molecule has 0 aliphatic heterocycles. The van der Waals surface area contributed by atoms with Gasteiger partial charge >= 0.3 is 5.97 Å². The minimum Gasteiger partial charge on any atom is -0.478 e. The zero-order valence-electron chi connectivity index (χ0n) is 10.6. The van der Waals surface area contributed by atoms with Crippen LogP contribution < -0.4 is 5.32 Å². The fraction of sp³-hybridized carbons (Fsp3) is 0.571. The minimum absolute atomic E-state index is 0.00771. The molecule has 0 aromatic carbocycles. The fourth-order valence-electron chi connectivity index (χ4n) is 3.16. The third-order valence-corrected chi connectivity index (χ3v) is 4.41. The number of carboxylic acid groups (broad SMARTS) is 1. The lowest BCUT2D eigenvalue weighted by atomic mass is 9.86. The second-order valence-electron chi connectivity index (χ2n) is 5.66. The fourth-order valence-corrected chi connectivity index (χ4v) is 3.16. The molecule has 1 aromatic heterocycles. The van der Waals surface area contributed by atoms with Gasteiger partial charge in [-0.05, 0) is 24.7 Å². The number of hydrogen-bond donors (Lipinski definition) is 2. The molecule has 0 saturated heterocycles. The first-order valence-corrected chi connectivity index (χ1v) is 6.73. The summed E-state index contributed by atoms with van der Waals surface area (Å²) in [6.45, 7) is 0. The van der Waals surface area contributed by atoms with Gasteiger partial charge in [0.2, 0.25) is 0 Å². The van der Waals surface area contributed by atoms with Gasteiger partial charge in [0.1, 0.15) is 6.26 Å². The van der Waals surface area contributed by atoms with E-state index in [0.717, 1.165) is 12.7 Å². The molecular weight excluding hydrogens is 246 g/mol. The highest BCUT2D eigenvalue weighted by molar-refractivity contribution is 5.95. The van der Waals surface area contributed by atoms with Crippen molar-refractivity contribution in [2.45, 2.75) is 44.6 Å². The number of rotatable bonds is 3. The topological polar surface area (TPSA) is 79.5 Å². The largest absolute Gasteiger partial charge is 0.478 e. The molecule has 2 aliphatic rings. The van der Waals surface area contributed by atoms with Gasteiger partial charge < -0.3 is 14.8 Å². The first kappa shape index (κ1) is 12.3. The molecule has 1 spiro atoms. The second-order valence-corrected chi connectivity index (χ2v) is 5.66. The third-order valence-electron chi connectivity index (χ3n) is 4.41. The van der Waals surface area contributed by atoms with Gasteiger partial charge in [-0.2, -0.15) is 0 Å². The lowest BCUT2D eigenvalue weighted by Gasteiger charge is -2.22. The monoisotopic (exact) mass is 263 g/mol. The van der Waals surface area contributed by atoms with E-state index in [1.165, 1.54) is 38.2 Å². The molecule has 2 aliphatic carbocycles. The maximum absolute atomic E-state index is 12.0. The average molecular weight is 263 g/mol. The number of furan rings is 1. The molecule has 102 valence electrons. The first-order chi connectivity index (χ1) is 9.11. The van der Waals surface area contributed by atoms with Gasteiger partial charge in [0.25, 0.3) is 5.91 Å². The molecule has 2 fully saturated rings. The van der Waals surface area contributed by atoms with Crippen LogP contribution >= 0.6 is 0 Å². The summed E-state index contributed by atoms with van der Waals surface area (Å²) in [5, 5.41) is 11.7. The van der Waals surface area contributed by atoms with Crippen molar-refractivity contribution in [3.05, 3.63) is 23.7 Å². The van der Waals surface area contributed by atoms with Crippen molar-refractivity contribution >= 4 is 11.9 Å². The van der Waals surface area contributed by atoms with Gasteiger partial charge in [0.05, 0.1) is 5.56 Å². The SMILES string of the molecule is O=C(O)c1coc(C(=O)NC2CC23CCCCC3)c1. The van der Waals surface area contributed by atoms with Crippen LogP contribution in [0.2, 0.25) is 0 Å².